The lowest BCUT2D eigenvalue weighted by Gasteiger charge is -2.03. The summed E-state index contributed by atoms with van der Waals surface area (Å²) < 4.78 is 0. The lowest BCUT2D eigenvalue weighted by atomic mass is 10.2. The van der Waals surface area contributed by atoms with E-state index < -0.39 is 0 Å². The highest BCUT2D eigenvalue weighted by molar-refractivity contribution is 7.99. The van der Waals surface area contributed by atoms with Gasteiger partial charge in [0.15, 0.2) is 0 Å². The zero-order valence-electron chi connectivity index (χ0n) is 9.12. The molecule has 0 bridgehead atoms. The number of benzene rings is 1. The van der Waals surface area contributed by atoms with Gasteiger partial charge in [-0.25, -0.2) is 0 Å². The van der Waals surface area contributed by atoms with Crippen molar-refractivity contribution in [1.82, 2.24) is 5.32 Å². The van der Waals surface area contributed by atoms with Gasteiger partial charge in [-0.1, -0.05) is 19.1 Å². The summed E-state index contributed by atoms with van der Waals surface area (Å²) in [5.74, 6) is 3.65. The van der Waals surface area contributed by atoms with Gasteiger partial charge in [-0.2, -0.15) is 0 Å². The Morgan fingerprint density at radius 2 is 2.07 bits per heavy atom. The largest absolute Gasteiger partial charge is 0.313 e. The second-order valence-corrected chi connectivity index (χ2v) is 4.40. The van der Waals surface area contributed by atoms with Gasteiger partial charge in [0.05, 0.1) is 0 Å². The predicted molar refractivity (Wildman–Crippen MR) is 68.0 cm³/mol. The molecule has 0 aromatic heterocycles. The molecule has 0 saturated heterocycles. The minimum absolute atomic E-state index is 0.837. The van der Waals surface area contributed by atoms with Crippen molar-refractivity contribution in [2.75, 3.05) is 12.3 Å². The fraction of sp³-hybridized carbons (Fsp3) is 0.385. The highest BCUT2D eigenvalue weighted by atomic mass is 32.2. The first-order valence-electron chi connectivity index (χ1n) is 5.22. The van der Waals surface area contributed by atoms with Gasteiger partial charge in [0, 0.05) is 23.6 Å². The zero-order chi connectivity index (χ0) is 10.9. The molecule has 1 N–H and O–H groups in total. The van der Waals surface area contributed by atoms with Gasteiger partial charge in [-0.05, 0) is 24.2 Å². The van der Waals surface area contributed by atoms with Crippen molar-refractivity contribution in [2.24, 2.45) is 0 Å². The van der Waals surface area contributed by atoms with Crippen molar-refractivity contribution in [3.63, 3.8) is 0 Å². The summed E-state index contributed by atoms with van der Waals surface area (Å²) in [6.07, 6.45) is 6.04. The fourth-order valence-electron chi connectivity index (χ4n) is 1.20. The smallest absolute Gasteiger partial charge is 0.0205 e. The Balaban J connectivity index is 2.39. The van der Waals surface area contributed by atoms with Gasteiger partial charge >= 0.3 is 0 Å². The maximum atomic E-state index is 5.20. The average Bonchev–Trinajstić information content (AvgIpc) is 2.28. The third-order valence-corrected chi connectivity index (χ3v) is 3.03. The fourth-order valence-corrected chi connectivity index (χ4v) is 1.98. The lowest BCUT2D eigenvalue weighted by molar-refractivity contribution is 0.726. The van der Waals surface area contributed by atoms with Crippen molar-refractivity contribution in [3.05, 3.63) is 29.8 Å². The van der Waals surface area contributed by atoms with Crippen molar-refractivity contribution < 1.29 is 0 Å². The molecule has 1 nitrogen and oxygen atoms in total. The molecule has 0 heterocycles. The van der Waals surface area contributed by atoms with E-state index in [4.69, 9.17) is 6.42 Å². The first-order valence-corrected chi connectivity index (χ1v) is 6.21. The molecule has 0 unspecified atom stereocenters. The Labute approximate surface area is 96.7 Å². The minimum Gasteiger partial charge on any atom is -0.313 e. The van der Waals surface area contributed by atoms with Crippen LogP contribution in [0.25, 0.3) is 0 Å². The van der Waals surface area contributed by atoms with Gasteiger partial charge in [-0.3, -0.25) is 0 Å². The molecule has 2 heteroatoms. The monoisotopic (exact) mass is 219 g/mol. The maximum absolute atomic E-state index is 5.20. The van der Waals surface area contributed by atoms with Crippen molar-refractivity contribution in [3.8, 4) is 12.3 Å². The quantitative estimate of drug-likeness (QED) is 0.448. The molecule has 0 atom stereocenters. The number of nitrogens with one attached hydrogen (secondary N) is 1. The van der Waals surface area contributed by atoms with Crippen molar-refractivity contribution in [1.29, 1.82) is 0 Å². The molecule has 15 heavy (non-hydrogen) atoms. The summed E-state index contributed by atoms with van der Waals surface area (Å²) >= 11 is 1.81. The first-order chi connectivity index (χ1) is 7.36. The Bertz CT molecular complexity index is 310. The highest BCUT2D eigenvalue weighted by Crippen LogP contribution is 2.18. The summed E-state index contributed by atoms with van der Waals surface area (Å²) in [5, 5.41) is 3.30. The molecule has 0 aliphatic rings. The van der Waals surface area contributed by atoms with Gasteiger partial charge in [0.2, 0.25) is 0 Å². The SMILES string of the molecule is C#CCCSc1ccc(CNCC)cc1. The predicted octanol–water partition coefficient (Wildman–Crippen LogP) is 2.91. The normalized spacial score (nSPS) is 9.87. The maximum Gasteiger partial charge on any atom is 0.0205 e. The van der Waals surface area contributed by atoms with E-state index in [2.05, 4.69) is 42.4 Å². The number of hydrogen-bond donors (Lipinski definition) is 1. The van der Waals surface area contributed by atoms with E-state index in [1.54, 1.807) is 0 Å². The van der Waals surface area contributed by atoms with E-state index in [-0.39, 0.29) is 0 Å². The topological polar surface area (TPSA) is 12.0 Å². The van der Waals surface area contributed by atoms with Crippen LogP contribution in [0.5, 0.6) is 0 Å². The molecule has 0 saturated carbocycles. The van der Waals surface area contributed by atoms with Crippen LogP contribution in [0.3, 0.4) is 0 Å². The summed E-state index contributed by atoms with van der Waals surface area (Å²) in [5.41, 5.74) is 1.33. The van der Waals surface area contributed by atoms with E-state index in [1.165, 1.54) is 10.5 Å². The summed E-state index contributed by atoms with van der Waals surface area (Å²) in [6.45, 7) is 4.08. The van der Waals surface area contributed by atoms with Crippen molar-refractivity contribution in [2.45, 2.75) is 24.8 Å². The number of thioether (sulfide) groups is 1. The van der Waals surface area contributed by atoms with E-state index in [1.807, 2.05) is 11.8 Å². The minimum atomic E-state index is 0.837. The molecule has 0 radical (unpaired) electrons. The standard InChI is InChI=1S/C13H17NS/c1-3-5-10-15-13-8-6-12(7-9-13)11-14-4-2/h1,6-9,14H,4-5,10-11H2,2H3. The van der Waals surface area contributed by atoms with Crippen LogP contribution in [-0.4, -0.2) is 12.3 Å². The Hall–Kier alpha value is -0.910. The molecule has 0 amide bonds. The van der Waals surface area contributed by atoms with Crippen LogP contribution in [-0.2, 0) is 6.54 Å². The van der Waals surface area contributed by atoms with Crippen LogP contribution >= 0.6 is 11.8 Å². The summed E-state index contributed by atoms with van der Waals surface area (Å²) in [4.78, 5) is 1.30. The Kier molecular flexibility index (Phi) is 5.99. The average molecular weight is 219 g/mol. The van der Waals surface area contributed by atoms with E-state index in [0.717, 1.165) is 25.3 Å². The number of terminal acetylenes is 1. The molecule has 0 spiro atoms. The lowest BCUT2D eigenvalue weighted by Crippen LogP contribution is -2.11. The molecule has 1 rings (SSSR count). The Morgan fingerprint density at radius 3 is 2.67 bits per heavy atom. The van der Waals surface area contributed by atoms with Gasteiger partial charge in [0.1, 0.15) is 0 Å². The summed E-state index contributed by atoms with van der Waals surface area (Å²) in [6, 6.07) is 8.66. The molecule has 0 aliphatic carbocycles. The van der Waals surface area contributed by atoms with Crippen molar-refractivity contribution >= 4 is 11.8 Å². The van der Waals surface area contributed by atoms with Crippen LogP contribution < -0.4 is 5.32 Å². The number of hydrogen-bond acceptors (Lipinski definition) is 2. The third-order valence-electron chi connectivity index (χ3n) is 2.02. The van der Waals surface area contributed by atoms with E-state index >= 15 is 0 Å². The van der Waals surface area contributed by atoms with E-state index in [9.17, 15) is 0 Å². The molecule has 1 aromatic rings. The first kappa shape index (κ1) is 12.2. The number of rotatable bonds is 6. The van der Waals surface area contributed by atoms with Crippen LogP contribution in [0.2, 0.25) is 0 Å². The zero-order valence-corrected chi connectivity index (χ0v) is 9.94. The molecule has 0 fully saturated rings. The van der Waals surface area contributed by atoms with Gasteiger partial charge < -0.3 is 5.32 Å². The second-order valence-electron chi connectivity index (χ2n) is 3.23. The third kappa shape index (κ3) is 4.92. The van der Waals surface area contributed by atoms with Crippen LogP contribution in [0.1, 0.15) is 18.9 Å². The van der Waals surface area contributed by atoms with Crippen LogP contribution in [0, 0.1) is 12.3 Å². The van der Waals surface area contributed by atoms with Crippen LogP contribution in [0.4, 0.5) is 0 Å². The highest BCUT2D eigenvalue weighted by Gasteiger charge is 1.94. The molecule has 1 aromatic carbocycles. The molecular formula is C13H17NS. The van der Waals surface area contributed by atoms with Crippen LogP contribution in [0.15, 0.2) is 29.2 Å². The summed E-state index contributed by atoms with van der Waals surface area (Å²) in [7, 11) is 0. The molecule has 80 valence electrons. The van der Waals surface area contributed by atoms with Gasteiger partial charge in [0.25, 0.3) is 0 Å². The Morgan fingerprint density at radius 1 is 1.33 bits per heavy atom. The molecule has 0 aliphatic heterocycles. The second kappa shape index (κ2) is 7.39. The molecular weight excluding hydrogens is 202 g/mol. The van der Waals surface area contributed by atoms with Gasteiger partial charge in [-0.15, -0.1) is 24.1 Å². The van der Waals surface area contributed by atoms with E-state index in [0.29, 0.717) is 0 Å².